The number of carbonyl (C=O) groups excluding carboxylic acids is 2. The highest BCUT2D eigenvalue weighted by Crippen LogP contribution is 2.07. The van der Waals surface area contributed by atoms with Crippen molar-refractivity contribution in [1.82, 2.24) is 10.9 Å². The molecular formula is C15H14FN3O2. The van der Waals surface area contributed by atoms with Crippen molar-refractivity contribution < 1.29 is 14.0 Å². The Balaban J connectivity index is 1.76. The molecule has 6 heteroatoms. The molecule has 0 bridgehead atoms. The van der Waals surface area contributed by atoms with Crippen LogP contribution >= 0.6 is 0 Å². The first kappa shape index (κ1) is 14.5. The molecule has 0 saturated carbocycles. The lowest BCUT2D eigenvalue weighted by molar-refractivity contribution is -0.121. The number of anilines is 1. The number of rotatable bonds is 3. The lowest BCUT2D eigenvalue weighted by Crippen LogP contribution is -2.44. The summed E-state index contributed by atoms with van der Waals surface area (Å²) in [5.41, 5.74) is 5.78. The van der Waals surface area contributed by atoms with Crippen molar-refractivity contribution in [2.24, 2.45) is 0 Å². The zero-order valence-corrected chi connectivity index (χ0v) is 11.1. The molecule has 2 aromatic rings. The minimum Gasteiger partial charge on any atom is -0.307 e. The van der Waals surface area contributed by atoms with E-state index in [0.29, 0.717) is 5.69 Å². The standard InChI is InChI=1S/C15H14FN3O2/c16-12-6-8-13(9-7-12)17-15(21)19-18-14(20)10-11-4-2-1-3-5-11/h1-9H,10H2,(H,18,20)(H2,17,19,21). The van der Waals surface area contributed by atoms with E-state index < -0.39 is 11.8 Å². The third-order valence-electron chi connectivity index (χ3n) is 2.63. The van der Waals surface area contributed by atoms with Crippen LogP contribution in [0.15, 0.2) is 54.6 Å². The van der Waals surface area contributed by atoms with Crippen LogP contribution in [0.3, 0.4) is 0 Å². The van der Waals surface area contributed by atoms with Gasteiger partial charge >= 0.3 is 6.03 Å². The fourth-order valence-corrected chi connectivity index (χ4v) is 1.65. The molecule has 3 N–H and O–H groups in total. The molecular weight excluding hydrogens is 273 g/mol. The number of benzene rings is 2. The van der Waals surface area contributed by atoms with Crippen molar-refractivity contribution in [1.29, 1.82) is 0 Å². The number of hydrazine groups is 1. The molecule has 0 atom stereocenters. The largest absolute Gasteiger partial charge is 0.337 e. The van der Waals surface area contributed by atoms with E-state index in [4.69, 9.17) is 0 Å². The molecule has 0 aliphatic carbocycles. The van der Waals surface area contributed by atoms with Crippen LogP contribution in [-0.4, -0.2) is 11.9 Å². The Hall–Kier alpha value is -2.89. The van der Waals surface area contributed by atoms with E-state index in [1.54, 1.807) is 0 Å². The predicted octanol–water partition coefficient (Wildman–Crippen LogP) is 2.22. The summed E-state index contributed by atoms with van der Waals surface area (Å²) in [4.78, 5) is 23.1. The van der Waals surface area contributed by atoms with Crippen LogP contribution in [0.25, 0.3) is 0 Å². The van der Waals surface area contributed by atoms with Gasteiger partial charge in [-0.3, -0.25) is 10.2 Å². The maximum Gasteiger partial charge on any atom is 0.337 e. The highest BCUT2D eigenvalue weighted by Gasteiger charge is 2.05. The maximum atomic E-state index is 12.7. The summed E-state index contributed by atoms with van der Waals surface area (Å²) in [6, 6.07) is 13.8. The Bertz CT molecular complexity index is 615. The Kier molecular flexibility index (Phi) is 4.87. The van der Waals surface area contributed by atoms with Gasteiger partial charge in [-0.2, -0.15) is 0 Å². The third-order valence-corrected chi connectivity index (χ3v) is 2.63. The summed E-state index contributed by atoms with van der Waals surface area (Å²) in [7, 11) is 0. The van der Waals surface area contributed by atoms with Crippen molar-refractivity contribution in [2.45, 2.75) is 6.42 Å². The molecule has 0 saturated heterocycles. The fraction of sp³-hybridized carbons (Fsp3) is 0.0667. The summed E-state index contributed by atoms with van der Waals surface area (Å²) in [5.74, 6) is -0.729. The molecule has 0 aromatic heterocycles. The van der Waals surface area contributed by atoms with Gasteiger partial charge in [0.25, 0.3) is 0 Å². The number of halogens is 1. The number of urea groups is 1. The summed E-state index contributed by atoms with van der Waals surface area (Å²) >= 11 is 0. The molecule has 0 radical (unpaired) electrons. The first-order chi connectivity index (χ1) is 10.1. The van der Waals surface area contributed by atoms with E-state index >= 15 is 0 Å². The second kappa shape index (κ2) is 7.04. The van der Waals surface area contributed by atoms with Gasteiger partial charge in [0.15, 0.2) is 0 Å². The molecule has 0 heterocycles. The maximum absolute atomic E-state index is 12.7. The van der Waals surface area contributed by atoms with Crippen molar-refractivity contribution in [3.8, 4) is 0 Å². The van der Waals surface area contributed by atoms with E-state index in [0.717, 1.165) is 5.56 Å². The number of amides is 3. The van der Waals surface area contributed by atoms with Gasteiger partial charge in [0.2, 0.25) is 5.91 Å². The van der Waals surface area contributed by atoms with Crippen LogP contribution < -0.4 is 16.2 Å². The van der Waals surface area contributed by atoms with E-state index in [9.17, 15) is 14.0 Å². The number of nitrogens with one attached hydrogen (secondary N) is 3. The zero-order valence-electron chi connectivity index (χ0n) is 11.1. The van der Waals surface area contributed by atoms with Crippen LogP contribution in [0, 0.1) is 5.82 Å². The summed E-state index contributed by atoms with van der Waals surface area (Å²) in [6.45, 7) is 0. The van der Waals surface area contributed by atoms with Crippen molar-refractivity contribution in [3.05, 3.63) is 66.0 Å². The molecule has 0 spiro atoms. The number of carbonyl (C=O) groups is 2. The Morgan fingerprint density at radius 3 is 2.24 bits per heavy atom. The fourth-order valence-electron chi connectivity index (χ4n) is 1.65. The monoisotopic (exact) mass is 287 g/mol. The molecule has 0 aliphatic heterocycles. The van der Waals surface area contributed by atoms with Crippen molar-refractivity contribution in [3.63, 3.8) is 0 Å². The summed E-state index contributed by atoms with van der Waals surface area (Å²) < 4.78 is 12.7. The van der Waals surface area contributed by atoms with Crippen LogP contribution in [0.5, 0.6) is 0 Å². The quantitative estimate of drug-likeness (QED) is 0.758. The van der Waals surface area contributed by atoms with E-state index in [1.165, 1.54) is 24.3 Å². The molecule has 2 rings (SSSR count). The number of hydrogen-bond donors (Lipinski definition) is 3. The van der Waals surface area contributed by atoms with Crippen molar-refractivity contribution >= 4 is 17.6 Å². The average molecular weight is 287 g/mol. The second-order valence-electron chi connectivity index (χ2n) is 4.30. The highest BCUT2D eigenvalue weighted by atomic mass is 19.1. The molecule has 0 aliphatic rings. The lowest BCUT2D eigenvalue weighted by Gasteiger charge is -2.09. The molecule has 2 aromatic carbocycles. The Labute approximate surface area is 121 Å². The first-order valence-electron chi connectivity index (χ1n) is 6.29. The molecule has 3 amide bonds. The van der Waals surface area contributed by atoms with E-state index in [2.05, 4.69) is 16.2 Å². The van der Waals surface area contributed by atoms with Gasteiger partial charge in [-0.05, 0) is 29.8 Å². The molecule has 0 fully saturated rings. The van der Waals surface area contributed by atoms with Gasteiger partial charge in [-0.15, -0.1) is 0 Å². The van der Waals surface area contributed by atoms with Gasteiger partial charge < -0.3 is 5.32 Å². The predicted molar refractivity (Wildman–Crippen MR) is 76.8 cm³/mol. The third kappa shape index (κ3) is 4.94. The van der Waals surface area contributed by atoms with Crippen LogP contribution in [-0.2, 0) is 11.2 Å². The molecule has 5 nitrogen and oxygen atoms in total. The van der Waals surface area contributed by atoms with Crippen LogP contribution in [0.2, 0.25) is 0 Å². The zero-order chi connectivity index (χ0) is 15.1. The normalized spacial score (nSPS) is 9.76. The van der Waals surface area contributed by atoms with Crippen LogP contribution in [0.1, 0.15) is 5.56 Å². The van der Waals surface area contributed by atoms with E-state index in [1.807, 2.05) is 30.3 Å². The van der Waals surface area contributed by atoms with Gasteiger partial charge in [0, 0.05) is 5.69 Å². The summed E-state index contributed by atoms with van der Waals surface area (Å²) in [5, 5.41) is 2.46. The highest BCUT2D eigenvalue weighted by molar-refractivity contribution is 5.91. The lowest BCUT2D eigenvalue weighted by atomic mass is 10.1. The SMILES string of the molecule is O=C(Cc1ccccc1)NNC(=O)Nc1ccc(F)cc1. The minimum absolute atomic E-state index is 0.164. The number of hydrogen-bond acceptors (Lipinski definition) is 2. The molecule has 21 heavy (non-hydrogen) atoms. The van der Waals surface area contributed by atoms with Crippen molar-refractivity contribution in [2.75, 3.05) is 5.32 Å². The van der Waals surface area contributed by atoms with Gasteiger partial charge in [-0.1, -0.05) is 30.3 Å². The van der Waals surface area contributed by atoms with E-state index in [-0.39, 0.29) is 12.3 Å². The molecule has 108 valence electrons. The topological polar surface area (TPSA) is 70.2 Å². The van der Waals surface area contributed by atoms with Gasteiger partial charge in [0.1, 0.15) is 5.82 Å². The smallest absolute Gasteiger partial charge is 0.307 e. The van der Waals surface area contributed by atoms with Gasteiger partial charge in [0.05, 0.1) is 6.42 Å². The summed E-state index contributed by atoms with van der Waals surface area (Å²) in [6.07, 6.45) is 0.164. The van der Waals surface area contributed by atoms with Gasteiger partial charge in [-0.25, -0.2) is 14.6 Å². The Morgan fingerprint density at radius 1 is 0.905 bits per heavy atom. The van der Waals surface area contributed by atoms with Crippen LogP contribution in [0.4, 0.5) is 14.9 Å². The Morgan fingerprint density at radius 2 is 1.57 bits per heavy atom. The second-order valence-corrected chi connectivity index (χ2v) is 4.30. The average Bonchev–Trinajstić information content (AvgIpc) is 2.49. The first-order valence-corrected chi connectivity index (χ1v) is 6.29. The minimum atomic E-state index is -0.608. The molecule has 0 unspecified atom stereocenters.